The van der Waals surface area contributed by atoms with Crippen molar-refractivity contribution in [3.63, 3.8) is 0 Å². The third kappa shape index (κ3) is 4.76. The molecule has 0 radical (unpaired) electrons. The van der Waals surface area contributed by atoms with Gasteiger partial charge in [-0.2, -0.15) is 0 Å². The van der Waals surface area contributed by atoms with Gasteiger partial charge in [-0.05, 0) is 84.9 Å². The number of benzene rings is 10. The van der Waals surface area contributed by atoms with Gasteiger partial charge in [0.2, 0.25) is 0 Å². The third-order valence-electron chi connectivity index (χ3n) is 13.8. The lowest BCUT2D eigenvalue weighted by atomic mass is 10.00. The first-order valence-electron chi connectivity index (χ1n) is 22.2. The minimum Gasteiger partial charge on any atom is -0.455 e. The molecule has 0 bridgehead atoms. The van der Waals surface area contributed by atoms with Crippen molar-refractivity contribution in [2.45, 2.75) is 0 Å². The normalized spacial score (nSPS) is 12.3. The number of furan rings is 2. The van der Waals surface area contributed by atoms with E-state index in [2.05, 4.69) is 214 Å². The Labute approximate surface area is 370 Å². The summed E-state index contributed by atoms with van der Waals surface area (Å²) in [6.07, 6.45) is 0. The average molecular weight is 830 g/mol. The molecule has 15 rings (SSSR count). The molecule has 0 fully saturated rings. The van der Waals surface area contributed by atoms with Crippen molar-refractivity contribution in [3.05, 3.63) is 212 Å². The van der Waals surface area contributed by atoms with Crippen LogP contribution in [0.4, 0.5) is 0 Å². The maximum Gasteiger partial charge on any atom is 0.143 e. The van der Waals surface area contributed by atoms with Crippen molar-refractivity contribution in [1.82, 2.24) is 13.7 Å². The number of rotatable bonds is 4. The standard InChI is InChI=1S/C60H35N3O2/c1-6-22-51-39(13-1)40-14-2-7-23-52(40)61(51)36-27-30-55-48(33-36)49-34-37(62-53-24-8-3-15-41(53)42-16-4-9-25-54(42)62)28-31-56(49)63(55)38-29-32-58-50(35-38)47-21-12-20-46(60(47)65-58)45-19-11-18-44-43-17-5-10-26-57(43)64-59(44)45/h1-35H. The number of hydrogen-bond acceptors (Lipinski definition) is 2. The van der Waals surface area contributed by atoms with E-state index >= 15 is 0 Å². The van der Waals surface area contributed by atoms with E-state index in [1.807, 2.05) is 12.1 Å². The van der Waals surface area contributed by atoms with Gasteiger partial charge in [-0.1, -0.05) is 127 Å². The molecule has 0 atom stereocenters. The van der Waals surface area contributed by atoms with E-state index in [-0.39, 0.29) is 0 Å². The number of aromatic nitrogens is 3. The molecule has 0 aliphatic heterocycles. The van der Waals surface area contributed by atoms with E-state index in [0.717, 1.165) is 83.1 Å². The molecule has 0 saturated carbocycles. The third-order valence-corrected chi connectivity index (χ3v) is 13.8. The Morgan fingerprint density at radius 1 is 0.231 bits per heavy atom. The van der Waals surface area contributed by atoms with Crippen LogP contribution in [0.15, 0.2) is 221 Å². The lowest BCUT2D eigenvalue weighted by Crippen LogP contribution is -1.96. The first-order chi connectivity index (χ1) is 32.2. The molecule has 0 aliphatic rings. The first-order valence-corrected chi connectivity index (χ1v) is 22.2. The van der Waals surface area contributed by atoms with Gasteiger partial charge < -0.3 is 22.5 Å². The second-order valence-corrected chi connectivity index (χ2v) is 17.2. The summed E-state index contributed by atoms with van der Waals surface area (Å²) in [5.74, 6) is 0. The molecular formula is C60H35N3O2. The van der Waals surface area contributed by atoms with Gasteiger partial charge in [0.05, 0.1) is 33.1 Å². The molecule has 0 aliphatic carbocycles. The number of nitrogens with zero attached hydrogens (tertiary/aromatic N) is 3. The number of fused-ring (bicyclic) bond motifs is 15. The second-order valence-electron chi connectivity index (χ2n) is 17.2. The van der Waals surface area contributed by atoms with Gasteiger partial charge in [0.1, 0.15) is 22.3 Å². The van der Waals surface area contributed by atoms with Gasteiger partial charge in [0.25, 0.3) is 0 Å². The zero-order valence-corrected chi connectivity index (χ0v) is 34.9. The van der Waals surface area contributed by atoms with E-state index in [1.165, 1.54) is 54.4 Å². The van der Waals surface area contributed by atoms with Gasteiger partial charge in [-0.25, -0.2) is 0 Å². The maximum absolute atomic E-state index is 6.81. The van der Waals surface area contributed by atoms with Crippen LogP contribution in [0.1, 0.15) is 0 Å². The van der Waals surface area contributed by atoms with Crippen molar-refractivity contribution in [2.24, 2.45) is 0 Å². The summed E-state index contributed by atoms with van der Waals surface area (Å²) in [6.45, 7) is 0. The molecule has 5 heteroatoms. The van der Waals surface area contributed by atoms with Crippen LogP contribution < -0.4 is 0 Å². The quantitative estimate of drug-likeness (QED) is 0.177. The molecule has 0 spiro atoms. The Morgan fingerprint density at radius 2 is 0.569 bits per heavy atom. The predicted molar refractivity (Wildman–Crippen MR) is 269 cm³/mol. The van der Waals surface area contributed by atoms with Crippen LogP contribution in [0.25, 0.3) is 137 Å². The summed E-state index contributed by atoms with van der Waals surface area (Å²) >= 11 is 0. The smallest absolute Gasteiger partial charge is 0.143 e. The molecule has 0 amide bonds. The fourth-order valence-electron chi connectivity index (χ4n) is 11.1. The lowest BCUT2D eigenvalue weighted by molar-refractivity contribution is 0.665. The molecule has 5 heterocycles. The molecule has 10 aromatic carbocycles. The summed E-state index contributed by atoms with van der Waals surface area (Å²) in [5, 5.41) is 11.7. The van der Waals surface area contributed by atoms with Crippen LogP contribution in [0, 0.1) is 0 Å². The van der Waals surface area contributed by atoms with Gasteiger partial charge in [0, 0.05) is 82.1 Å². The summed E-state index contributed by atoms with van der Waals surface area (Å²) in [4.78, 5) is 0. The molecule has 5 nitrogen and oxygen atoms in total. The molecule has 302 valence electrons. The summed E-state index contributed by atoms with van der Waals surface area (Å²) in [7, 11) is 0. The van der Waals surface area contributed by atoms with Crippen LogP contribution in [-0.4, -0.2) is 13.7 Å². The van der Waals surface area contributed by atoms with E-state index in [0.29, 0.717) is 0 Å². The van der Waals surface area contributed by atoms with Gasteiger partial charge in [-0.15, -0.1) is 0 Å². The highest BCUT2D eigenvalue weighted by Crippen LogP contribution is 2.44. The van der Waals surface area contributed by atoms with Gasteiger partial charge in [-0.3, -0.25) is 0 Å². The Bertz CT molecular complexity index is 4220. The molecule has 0 N–H and O–H groups in total. The zero-order valence-electron chi connectivity index (χ0n) is 34.9. The molecule has 5 aromatic heterocycles. The van der Waals surface area contributed by atoms with E-state index in [9.17, 15) is 0 Å². The van der Waals surface area contributed by atoms with E-state index in [1.54, 1.807) is 0 Å². The monoisotopic (exact) mass is 829 g/mol. The van der Waals surface area contributed by atoms with Crippen LogP contribution in [0.5, 0.6) is 0 Å². The van der Waals surface area contributed by atoms with E-state index < -0.39 is 0 Å². The lowest BCUT2D eigenvalue weighted by Gasteiger charge is -2.11. The van der Waals surface area contributed by atoms with Crippen molar-refractivity contribution >= 4 is 109 Å². The average Bonchev–Trinajstić information content (AvgIpc) is 4.17. The Morgan fingerprint density at radius 3 is 1.05 bits per heavy atom. The summed E-state index contributed by atoms with van der Waals surface area (Å²) in [6, 6.07) is 76.6. The minimum atomic E-state index is 0.844. The van der Waals surface area contributed by atoms with Gasteiger partial charge in [0.15, 0.2) is 0 Å². The van der Waals surface area contributed by atoms with Gasteiger partial charge >= 0.3 is 0 Å². The molecule has 15 aromatic rings. The Hall–Kier alpha value is -8.80. The maximum atomic E-state index is 6.81. The van der Waals surface area contributed by atoms with Crippen LogP contribution in [-0.2, 0) is 0 Å². The largest absolute Gasteiger partial charge is 0.455 e. The fraction of sp³-hybridized carbons (Fsp3) is 0. The van der Waals surface area contributed by atoms with Crippen LogP contribution in [0.2, 0.25) is 0 Å². The zero-order chi connectivity index (χ0) is 42.3. The first kappa shape index (κ1) is 34.7. The number of para-hydroxylation sites is 7. The molecule has 0 unspecified atom stereocenters. The van der Waals surface area contributed by atoms with Crippen molar-refractivity contribution in [2.75, 3.05) is 0 Å². The van der Waals surface area contributed by atoms with Crippen LogP contribution in [0.3, 0.4) is 0 Å². The topological polar surface area (TPSA) is 41.1 Å². The SMILES string of the molecule is c1ccc2c(c1)oc1c(-c3cccc4c3oc3ccc(-n5c6ccc(-n7c8ccccc8c8ccccc87)cc6c6cc(-n7c8ccccc8c8ccccc87)ccc65)cc34)cccc12. The second kappa shape index (κ2) is 12.9. The summed E-state index contributed by atoms with van der Waals surface area (Å²) in [5.41, 5.74) is 15.8. The highest BCUT2D eigenvalue weighted by Gasteiger charge is 2.21. The summed E-state index contributed by atoms with van der Waals surface area (Å²) < 4.78 is 20.6. The molecule has 0 saturated heterocycles. The molecule has 65 heavy (non-hydrogen) atoms. The number of hydrogen-bond donors (Lipinski definition) is 0. The Balaban J connectivity index is 0.979. The molecular weight excluding hydrogens is 795 g/mol. The minimum absolute atomic E-state index is 0.844. The Kier molecular flexibility index (Phi) is 6.89. The van der Waals surface area contributed by atoms with Crippen molar-refractivity contribution in [3.8, 4) is 28.2 Å². The highest BCUT2D eigenvalue weighted by atomic mass is 16.3. The highest BCUT2D eigenvalue weighted by molar-refractivity contribution is 6.17. The fourth-order valence-corrected chi connectivity index (χ4v) is 11.1. The predicted octanol–water partition coefficient (Wildman–Crippen LogP) is 16.4. The van der Waals surface area contributed by atoms with Crippen molar-refractivity contribution in [1.29, 1.82) is 0 Å². The van der Waals surface area contributed by atoms with Crippen molar-refractivity contribution < 1.29 is 8.83 Å². The van der Waals surface area contributed by atoms with E-state index in [4.69, 9.17) is 8.83 Å². The van der Waals surface area contributed by atoms with Crippen LogP contribution >= 0.6 is 0 Å².